The first kappa shape index (κ1) is 13.3. The van der Waals surface area contributed by atoms with E-state index in [1.54, 1.807) is 15.9 Å². The fourth-order valence-corrected chi connectivity index (χ4v) is 2.53. The fourth-order valence-electron chi connectivity index (χ4n) is 2.53. The molecule has 1 aromatic heterocycles. The maximum atomic E-state index is 11.1. The molecule has 0 atom stereocenters. The van der Waals surface area contributed by atoms with Crippen LogP contribution in [0.25, 0.3) is 5.69 Å². The Hall–Kier alpha value is -2.64. The smallest absolute Gasteiger partial charge is 0.314 e. The Morgan fingerprint density at radius 2 is 2.05 bits per heavy atom. The van der Waals surface area contributed by atoms with Gasteiger partial charge in [-0.05, 0) is 35.4 Å². The van der Waals surface area contributed by atoms with Gasteiger partial charge >= 0.3 is 6.03 Å². The maximum Gasteiger partial charge on any atom is 0.314 e. The van der Waals surface area contributed by atoms with Crippen molar-refractivity contribution in [1.29, 1.82) is 0 Å². The van der Waals surface area contributed by atoms with Gasteiger partial charge < -0.3 is 16.0 Å². The van der Waals surface area contributed by atoms with E-state index in [0.717, 1.165) is 24.2 Å². The van der Waals surface area contributed by atoms with Gasteiger partial charge in [-0.3, -0.25) is 0 Å². The summed E-state index contributed by atoms with van der Waals surface area (Å²) < 4.78 is 1.63. The zero-order valence-electron chi connectivity index (χ0n) is 11.5. The summed E-state index contributed by atoms with van der Waals surface area (Å²) in [6.07, 6.45) is 3.30. The Morgan fingerprint density at radius 1 is 1.29 bits per heavy atom. The van der Waals surface area contributed by atoms with E-state index in [1.165, 1.54) is 0 Å². The van der Waals surface area contributed by atoms with Crippen LogP contribution in [-0.4, -0.2) is 50.3 Å². The second-order valence-electron chi connectivity index (χ2n) is 5.02. The van der Waals surface area contributed by atoms with Crippen LogP contribution in [0.2, 0.25) is 0 Å². The van der Waals surface area contributed by atoms with E-state index < -0.39 is 0 Å². The number of nitrogens with zero attached hydrogens (tertiary/aromatic N) is 5. The minimum atomic E-state index is -0.345. The van der Waals surface area contributed by atoms with Crippen LogP contribution in [-0.2, 0) is 0 Å². The number of amides is 2. The van der Waals surface area contributed by atoms with Crippen LogP contribution < -0.4 is 11.1 Å². The van der Waals surface area contributed by atoms with Gasteiger partial charge in [-0.25, -0.2) is 4.79 Å². The highest BCUT2D eigenvalue weighted by Gasteiger charge is 2.21. The zero-order chi connectivity index (χ0) is 14.7. The minimum absolute atomic E-state index is 0.304. The number of piperidine rings is 1. The van der Waals surface area contributed by atoms with Crippen molar-refractivity contribution < 1.29 is 4.79 Å². The molecule has 1 aliphatic heterocycles. The Balaban J connectivity index is 1.70. The molecule has 0 spiro atoms. The van der Waals surface area contributed by atoms with Crippen LogP contribution in [0.5, 0.6) is 0 Å². The molecule has 0 aliphatic carbocycles. The summed E-state index contributed by atoms with van der Waals surface area (Å²) in [5.41, 5.74) is 7.17. The lowest BCUT2D eigenvalue weighted by atomic mass is 10.0. The highest BCUT2D eigenvalue weighted by atomic mass is 16.2. The Kier molecular flexibility index (Phi) is 3.67. The number of aromatic nitrogens is 4. The van der Waals surface area contributed by atoms with Gasteiger partial charge in [-0.1, -0.05) is 12.1 Å². The van der Waals surface area contributed by atoms with Gasteiger partial charge in [0.05, 0.1) is 11.4 Å². The molecule has 0 unspecified atom stereocenters. The molecule has 1 aliphatic rings. The number of benzene rings is 1. The quantitative estimate of drug-likeness (QED) is 0.861. The lowest BCUT2D eigenvalue weighted by Gasteiger charge is -2.32. The number of rotatable bonds is 3. The van der Waals surface area contributed by atoms with Crippen molar-refractivity contribution in [2.45, 2.75) is 18.9 Å². The van der Waals surface area contributed by atoms with E-state index in [-0.39, 0.29) is 6.03 Å². The SMILES string of the molecule is NC(=O)N1CCC(Nc2ccccc2-n2cnnn2)CC1. The molecular formula is C13H17N7O. The summed E-state index contributed by atoms with van der Waals surface area (Å²) in [7, 11) is 0. The fraction of sp³-hybridized carbons (Fsp3) is 0.385. The van der Waals surface area contributed by atoms with Crippen molar-refractivity contribution >= 4 is 11.7 Å². The predicted molar refractivity (Wildman–Crippen MR) is 77.0 cm³/mol. The van der Waals surface area contributed by atoms with E-state index in [9.17, 15) is 4.79 Å². The van der Waals surface area contributed by atoms with Crippen LogP contribution >= 0.6 is 0 Å². The summed E-state index contributed by atoms with van der Waals surface area (Å²) in [4.78, 5) is 12.8. The number of para-hydroxylation sites is 2. The molecule has 3 rings (SSSR count). The van der Waals surface area contributed by atoms with Gasteiger partial charge in [-0.2, -0.15) is 4.68 Å². The second-order valence-corrected chi connectivity index (χ2v) is 5.02. The number of urea groups is 1. The lowest BCUT2D eigenvalue weighted by molar-refractivity contribution is 0.193. The molecule has 1 saturated heterocycles. The molecule has 8 heteroatoms. The van der Waals surface area contributed by atoms with E-state index in [1.807, 2.05) is 24.3 Å². The van der Waals surface area contributed by atoms with Crippen molar-refractivity contribution in [3.05, 3.63) is 30.6 Å². The van der Waals surface area contributed by atoms with Gasteiger partial charge in [0, 0.05) is 19.1 Å². The van der Waals surface area contributed by atoms with Crippen LogP contribution in [0.4, 0.5) is 10.5 Å². The van der Waals surface area contributed by atoms with Crippen LogP contribution in [0, 0.1) is 0 Å². The van der Waals surface area contributed by atoms with Crippen LogP contribution in [0.3, 0.4) is 0 Å². The average molecular weight is 287 g/mol. The first-order chi connectivity index (χ1) is 10.2. The number of carbonyl (C=O) groups excluding carboxylic acids is 1. The Morgan fingerprint density at radius 3 is 2.71 bits per heavy atom. The Bertz CT molecular complexity index is 605. The van der Waals surface area contributed by atoms with Crippen molar-refractivity contribution in [2.75, 3.05) is 18.4 Å². The third-order valence-electron chi connectivity index (χ3n) is 3.67. The summed E-state index contributed by atoms with van der Waals surface area (Å²) in [6.45, 7) is 1.36. The molecule has 110 valence electrons. The highest BCUT2D eigenvalue weighted by Crippen LogP contribution is 2.22. The molecular weight excluding hydrogens is 270 g/mol. The van der Waals surface area contributed by atoms with E-state index >= 15 is 0 Å². The van der Waals surface area contributed by atoms with Gasteiger partial charge in [-0.15, -0.1) is 5.10 Å². The van der Waals surface area contributed by atoms with Gasteiger partial charge in [0.2, 0.25) is 0 Å². The van der Waals surface area contributed by atoms with Gasteiger partial charge in [0.25, 0.3) is 0 Å². The molecule has 8 nitrogen and oxygen atoms in total. The van der Waals surface area contributed by atoms with Gasteiger partial charge in [0.1, 0.15) is 6.33 Å². The zero-order valence-corrected chi connectivity index (χ0v) is 11.5. The lowest BCUT2D eigenvalue weighted by Crippen LogP contribution is -2.44. The molecule has 2 aromatic rings. The van der Waals surface area contributed by atoms with Crippen LogP contribution in [0.1, 0.15) is 12.8 Å². The monoisotopic (exact) mass is 287 g/mol. The normalized spacial score (nSPS) is 15.9. The summed E-state index contributed by atoms with van der Waals surface area (Å²) in [6, 6.07) is 7.82. The number of carbonyl (C=O) groups is 1. The van der Waals surface area contributed by atoms with Crippen molar-refractivity contribution in [3.8, 4) is 5.69 Å². The van der Waals surface area contributed by atoms with Crippen LogP contribution in [0.15, 0.2) is 30.6 Å². The molecule has 2 amide bonds. The van der Waals surface area contributed by atoms with Gasteiger partial charge in [0.15, 0.2) is 0 Å². The van der Waals surface area contributed by atoms with E-state index in [2.05, 4.69) is 20.8 Å². The molecule has 1 fully saturated rings. The predicted octanol–water partition coefficient (Wildman–Crippen LogP) is 0.617. The first-order valence-corrected chi connectivity index (χ1v) is 6.87. The van der Waals surface area contributed by atoms with E-state index in [0.29, 0.717) is 19.1 Å². The number of tetrazole rings is 1. The number of hydrogen-bond acceptors (Lipinski definition) is 5. The maximum absolute atomic E-state index is 11.1. The number of anilines is 1. The summed E-state index contributed by atoms with van der Waals surface area (Å²) in [5.74, 6) is 0. The van der Waals surface area contributed by atoms with Crippen molar-refractivity contribution in [2.24, 2.45) is 5.73 Å². The number of primary amides is 1. The summed E-state index contributed by atoms with van der Waals surface area (Å²) >= 11 is 0. The second kappa shape index (κ2) is 5.78. The number of nitrogens with one attached hydrogen (secondary N) is 1. The molecule has 3 N–H and O–H groups in total. The standard InChI is InChI=1S/C13H17N7O/c14-13(21)19-7-5-10(6-8-19)16-11-3-1-2-4-12(11)20-9-15-17-18-20/h1-4,9-10,16H,5-8H2,(H2,14,21). The van der Waals surface area contributed by atoms with Crippen molar-refractivity contribution in [3.63, 3.8) is 0 Å². The highest BCUT2D eigenvalue weighted by molar-refractivity contribution is 5.72. The third kappa shape index (κ3) is 2.93. The molecule has 21 heavy (non-hydrogen) atoms. The molecule has 0 bridgehead atoms. The molecule has 1 aromatic carbocycles. The third-order valence-corrected chi connectivity index (χ3v) is 3.67. The topological polar surface area (TPSA) is 102 Å². The number of hydrogen-bond donors (Lipinski definition) is 2. The molecule has 2 heterocycles. The largest absolute Gasteiger partial charge is 0.380 e. The minimum Gasteiger partial charge on any atom is -0.380 e. The van der Waals surface area contributed by atoms with E-state index in [4.69, 9.17) is 5.73 Å². The molecule has 0 saturated carbocycles. The summed E-state index contributed by atoms with van der Waals surface area (Å²) in [5, 5.41) is 14.7. The number of nitrogens with two attached hydrogens (primary N) is 1. The first-order valence-electron chi connectivity index (χ1n) is 6.87. The van der Waals surface area contributed by atoms with Crippen molar-refractivity contribution in [1.82, 2.24) is 25.1 Å². The number of likely N-dealkylation sites (tertiary alicyclic amines) is 1. The Labute approximate surface area is 121 Å². The average Bonchev–Trinajstić information content (AvgIpc) is 3.02. The molecule has 0 radical (unpaired) electrons.